The van der Waals surface area contributed by atoms with Crippen molar-refractivity contribution in [2.45, 2.75) is 18.9 Å². The van der Waals surface area contributed by atoms with E-state index in [2.05, 4.69) is 21.6 Å². The molecule has 3 N–H and O–H groups in total. The van der Waals surface area contributed by atoms with Crippen molar-refractivity contribution in [3.63, 3.8) is 0 Å². The maximum atomic E-state index is 5.58. The maximum Gasteiger partial charge on any atom is 0.0522 e. The van der Waals surface area contributed by atoms with E-state index in [0.717, 1.165) is 12.8 Å². The average Bonchev–Trinajstić information content (AvgIpc) is 2.75. The molecule has 2 heterocycles. The number of pyridine rings is 1. The molecule has 2 rings (SSSR count). The van der Waals surface area contributed by atoms with Crippen LogP contribution in [0.5, 0.6) is 0 Å². The number of nitrogens with one attached hydrogen (secondary N) is 1. The van der Waals surface area contributed by atoms with Crippen LogP contribution in [-0.2, 0) is 19.9 Å². The van der Waals surface area contributed by atoms with E-state index in [0.29, 0.717) is 0 Å². The number of hydrazine groups is 1. The van der Waals surface area contributed by atoms with Crippen molar-refractivity contribution < 1.29 is 0 Å². The first-order valence-corrected chi connectivity index (χ1v) is 5.60. The Kier molecular flexibility index (Phi) is 3.85. The van der Waals surface area contributed by atoms with Gasteiger partial charge >= 0.3 is 0 Å². The summed E-state index contributed by atoms with van der Waals surface area (Å²) < 4.78 is 1.80. The quantitative estimate of drug-likeness (QED) is 0.578. The monoisotopic (exact) mass is 231 g/mol. The highest BCUT2D eigenvalue weighted by atomic mass is 15.2. The van der Waals surface area contributed by atoms with E-state index in [4.69, 9.17) is 5.84 Å². The third-order valence-electron chi connectivity index (χ3n) is 2.68. The Hall–Kier alpha value is -1.72. The normalized spacial score (nSPS) is 12.6. The van der Waals surface area contributed by atoms with E-state index in [1.54, 1.807) is 10.9 Å². The van der Waals surface area contributed by atoms with Gasteiger partial charge in [-0.3, -0.25) is 20.9 Å². The van der Waals surface area contributed by atoms with Crippen molar-refractivity contribution in [3.8, 4) is 0 Å². The zero-order chi connectivity index (χ0) is 12.1. The molecule has 5 heteroatoms. The average molecular weight is 231 g/mol. The Morgan fingerprint density at radius 1 is 1.35 bits per heavy atom. The van der Waals surface area contributed by atoms with Crippen molar-refractivity contribution >= 4 is 0 Å². The van der Waals surface area contributed by atoms with Crippen LogP contribution in [-0.4, -0.2) is 20.8 Å². The molecule has 5 nitrogen and oxygen atoms in total. The lowest BCUT2D eigenvalue weighted by Gasteiger charge is -2.14. The lowest BCUT2D eigenvalue weighted by Crippen LogP contribution is -2.38. The fourth-order valence-electron chi connectivity index (χ4n) is 1.86. The van der Waals surface area contributed by atoms with Gasteiger partial charge in [0, 0.05) is 31.7 Å². The summed E-state index contributed by atoms with van der Waals surface area (Å²) >= 11 is 0. The van der Waals surface area contributed by atoms with Crippen LogP contribution < -0.4 is 11.3 Å². The molecule has 90 valence electrons. The molecule has 0 aromatic carbocycles. The minimum Gasteiger partial charge on any atom is -0.276 e. The molecule has 0 bridgehead atoms. The Morgan fingerprint density at radius 2 is 2.18 bits per heavy atom. The third-order valence-corrected chi connectivity index (χ3v) is 2.68. The molecule has 1 atom stereocenters. The Morgan fingerprint density at radius 3 is 2.76 bits per heavy atom. The first-order chi connectivity index (χ1) is 8.28. The van der Waals surface area contributed by atoms with Gasteiger partial charge in [0.2, 0.25) is 0 Å². The van der Waals surface area contributed by atoms with E-state index in [1.165, 1.54) is 11.1 Å². The van der Waals surface area contributed by atoms with Crippen LogP contribution in [0.1, 0.15) is 11.1 Å². The van der Waals surface area contributed by atoms with Crippen LogP contribution in [0.15, 0.2) is 36.9 Å². The van der Waals surface area contributed by atoms with E-state index in [-0.39, 0.29) is 6.04 Å². The summed E-state index contributed by atoms with van der Waals surface area (Å²) in [6.07, 6.45) is 9.24. The van der Waals surface area contributed by atoms with Gasteiger partial charge in [-0.25, -0.2) is 0 Å². The van der Waals surface area contributed by atoms with E-state index >= 15 is 0 Å². The second-order valence-electron chi connectivity index (χ2n) is 4.16. The lowest BCUT2D eigenvalue weighted by molar-refractivity contribution is 0.522. The molecule has 0 aliphatic heterocycles. The molecule has 2 aromatic heterocycles. The largest absolute Gasteiger partial charge is 0.276 e. The number of nitrogens with two attached hydrogens (primary N) is 1. The maximum absolute atomic E-state index is 5.58. The van der Waals surface area contributed by atoms with E-state index in [9.17, 15) is 0 Å². The van der Waals surface area contributed by atoms with Crippen LogP contribution in [0.2, 0.25) is 0 Å². The summed E-state index contributed by atoms with van der Waals surface area (Å²) in [6.45, 7) is 0. The second kappa shape index (κ2) is 5.56. The summed E-state index contributed by atoms with van der Waals surface area (Å²) in [4.78, 5) is 4.10. The fraction of sp³-hybridized carbons (Fsp3) is 0.333. The number of nitrogens with zero attached hydrogens (tertiary/aromatic N) is 3. The summed E-state index contributed by atoms with van der Waals surface area (Å²) in [5, 5.41) is 4.15. The molecule has 0 saturated carbocycles. The molecule has 0 radical (unpaired) electrons. The van der Waals surface area contributed by atoms with Gasteiger partial charge in [0.25, 0.3) is 0 Å². The Balaban J connectivity index is 1.98. The molecule has 0 saturated heterocycles. The first kappa shape index (κ1) is 11.8. The van der Waals surface area contributed by atoms with E-state index < -0.39 is 0 Å². The lowest BCUT2D eigenvalue weighted by atomic mass is 10.0. The van der Waals surface area contributed by atoms with Crippen LogP contribution >= 0.6 is 0 Å². The highest BCUT2D eigenvalue weighted by Crippen LogP contribution is 2.07. The number of hydrogen-bond acceptors (Lipinski definition) is 4. The highest BCUT2D eigenvalue weighted by Gasteiger charge is 2.09. The van der Waals surface area contributed by atoms with Gasteiger partial charge in [-0.1, -0.05) is 6.07 Å². The second-order valence-corrected chi connectivity index (χ2v) is 4.16. The molecular weight excluding hydrogens is 214 g/mol. The smallest absolute Gasteiger partial charge is 0.0522 e. The van der Waals surface area contributed by atoms with Crippen molar-refractivity contribution in [1.82, 2.24) is 20.2 Å². The van der Waals surface area contributed by atoms with Crippen LogP contribution in [0, 0.1) is 0 Å². The molecule has 0 fully saturated rings. The van der Waals surface area contributed by atoms with Crippen molar-refractivity contribution in [1.29, 1.82) is 0 Å². The minimum atomic E-state index is 0.198. The summed E-state index contributed by atoms with van der Waals surface area (Å²) in [5.41, 5.74) is 5.20. The Labute approximate surface area is 101 Å². The third kappa shape index (κ3) is 3.37. The summed E-state index contributed by atoms with van der Waals surface area (Å²) in [7, 11) is 1.91. The number of aromatic nitrogens is 3. The zero-order valence-electron chi connectivity index (χ0n) is 9.87. The van der Waals surface area contributed by atoms with Gasteiger partial charge < -0.3 is 0 Å². The minimum absolute atomic E-state index is 0.198. The standard InChI is InChI=1S/C12H17N5/c1-17-9-11(8-15-17)6-12(16-13)5-10-3-2-4-14-7-10/h2-4,7-9,12,16H,5-6,13H2,1H3. The molecular formula is C12H17N5. The van der Waals surface area contributed by atoms with Gasteiger partial charge in [0.1, 0.15) is 0 Å². The highest BCUT2D eigenvalue weighted by molar-refractivity contribution is 5.13. The number of hydrogen-bond donors (Lipinski definition) is 2. The first-order valence-electron chi connectivity index (χ1n) is 5.60. The predicted molar refractivity (Wildman–Crippen MR) is 66.0 cm³/mol. The molecule has 0 aliphatic carbocycles. The fourth-order valence-corrected chi connectivity index (χ4v) is 1.86. The molecule has 0 amide bonds. The topological polar surface area (TPSA) is 68.8 Å². The van der Waals surface area contributed by atoms with Gasteiger partial charge in [-0.05, 0) is 30.0 Å². The van der Waals surface area contributed by atoms with Gasteiger partial charge in [0.05, 0.1) is 6.20 Å². The molecule has 0 spiro atoms. The van der Waals surface area contributed by atoms with Crippen molar-refractivity contribution in [2.24, 2.45) is 12.9 Å². The SMILES string of the molecule is Cn1cc(CC(Cc2cccnc2)NN)cn1. The number of aryl methyl sites for hydroxylation is 1. The molecule has 0 aliphatic rings. The Bertz CT molecular complexity index is 451. The summed E-state index contributed by atoms with van der Waals surface area (Å²) in [5.74, 6) is 5.58. The van der Waals surface area contributed by atoms with Gasteiger partial charge in [-0.15, -0.1) is 0 Å². The van der Waals surface area contributed by atoms with Crippen LogP contribution in [0.3, 0.4) is 0 Å². The van der Waals surface area contributed by atoms with Crippen molar-refractivity contribution in [2.75, 3.05) is 0 Å². The predicted octanol–water partition coefficient (Wildman–Crippen LogP) is 0.432. The van der Waals surface area contributed by atoms with Gasteiger partial charge in [0.15, 0.2) is 0 Å². The van der Waals surface area contributed by atoms with Crippen LogP contribution in [0.25, 0.3) is 0 Å². The van der Waals surface area contributed by atoms with Crippen LogP contribution in [0.4, 0.5) is 0 Å². The molecule has 2 aromatic rings. The van der Waals surface area contributed by atoms with E-state index in [1.807, 2.05) is 31.7 Å². The summed E-state index contributed by atoms with van der Waals surface area (Å²) in [6, 6.07) is 4.19. The molecule has 1 unspecified atom stereocenters. The van der Waals surface area contributed by atoms with Gasteiger partial charge in [-0.2, -0.15) is 5.10 Å². The van der Waals surface area contributed by atoms with Crippen molar-refractivity contribution in [3.05, 3.63) is 48.0 Å². The number of rotatable bonds is 5. The molecule has 17 heavy (non-hydrogen) atoms. The zero-order valence-corrected chi connectivity index (χ0v) is 9.87.